The third-order valence-electron chi connectivity index (χ3n) is 7.12. The fourth-order valence-corrected chi connectivity index (χ4v) is 5.19. The maximum Gasteiger partial charge on any atom is 0.354 e. The molecular formula is C24H36N6O3. The Kier molecular flexibility index (Phi) is 8.61. The molecule has 2 atom stereocenters. The molecule has 0 bridgehead atoms. The third-order valence-corrected chi connectivity index (χ3v) is 7.12. The molecule has 9 nitrogen and oxygen atoms in total. The van der Waals surface area contributed by atoms with Gasteiger partial charge in [-0.3, -0.25) is 9.69 Å². The van der Waals surface area contributed by atoms with Gasteiger partial charge in [0.25, 0.3) is 0 Å². The summed E-state index contributed by atoms with van der Waals surface area (Å²) >= 11 is 0. The number of carbonyl (C=O) groups is 2. The molecule has 33 heavy (non-hydrogen) atoms. The highest BCUT2D eigenvalue weighted by atomic mass is 16.4. The van der Waals surface area contributed by atoms with Crippen molar-refractivity contribution in [2.45, 2.75) is 89.3 Å². The van der Waals surface area contributed by atoms with E-state index in [0.29, 0.717) is 31.3 Å². The van der Waals surface area contributed by atoms with Crippen LogP contribution in [0.4, 0.5) is 5.95 Å². The predicted octanol–water partition coefficient (Wildman–Crippen LogP) is 3.20. The summed E-state index contributed by atoms with van der Waals surface area (Å²) in [6.07, 6.45) is 10.2. The summed E-state index contributed by atoms with van der Waals surface area (Å²) in [4.78, 5) is 35.2. The van der Waals surface area contributed by atoms with Crippen molar-refractivity contribution >= 4 is 17.8 Å². The van der Waals surface area contributed by atoms with Crippen molar-refractivity contribution in [1.82, 2.24) is 20.2 Å². The van der Waals surface area contributed by atoms with Gasteiger partial charge in [-0.25, -0.2) is 14.8 Å². The number of hydrogen-bond acceptors (Lipinski definition) is 7. The molecule has 180 valence electrons. The molecular weight excluding hydrogens is 420 g/mol. The van der Waals surface area contributed by atoms with Gasteiger partial charge in [0.1, 0.15) is 11.6 Å². The van der Waals surface area contributed by atoms with Crippen LogP contribution in [-0.2, 0) is 4.79 Å². The summed E-state index contributed by atoms with van der Waals surface area (Å²) in [5.41, 5.74) is -1.05. The van der Waals surface area contributed by atoms with E-state index in [-0.39, 0.29) is 17.5 Å². The number of aromatic carboxylic acids is 1. The van der Waals surface area contributed by atoms with E-state index in [1.807, 2.05) is 0 Å². The highest BCUT2D eigenvalue weighted by molar-refractivity contribution is 5.87. The second-order valence-corrected chi connectivity index (χ2v) is 9.38. The minimum absolute atomic E-state index is 0.113. The Balaban J connectivity index is 1.76. The van der Waals surface area contributed by atoms with E-state index >= 15 is 0 Å². The van der Waals surface area contributed by atoms with Gasteiger partial charge in [0.15, 0.2) is 5.69 Å². The number of carbonyl (C=O) groups excluding carboxylic acids is 1. The quantitative estimate of drug-likeness (QED) is 0.489. The molecule has 1 aromatic rings. The first-order chi connectivity index (χ1) is 15.9. The molecule has 0 aromatic carbocycles. The Morgan fingerprint density at radius 3 is 2.67 bits per heavy atom. The summed E-state index contributed by atoms with van der Waals surface area (Å²) in [5, 5.41) is 25.4. The minimum atomic E-state index is -1.15. The van der Waals surface area contributed by atoms with E-state index in [1.54, 1.807) is 0 Å². The molecule has 1 saturated carbocycles. The number of hydrogen-bond donors (Lipinski definition) is 3. The summed E-state index contributed by atoms with van der Waals surface area (Å²) in [6, 6.07) is 3.46. The Bertz CT molecular complexity index is 862. The van der Waals surface area contributed by atoms with Crippen molar-refractivity contribution in [2.24, 2.45) is 5.92 Å². The number of carboxylic acids is 1. The summed E-state index contributed by atoms with van der Waals surface area (Å²) in [5.74, 6) is -0.892. The van der Waals surface area contributed by atoms with Crippen LogP contribution in [0.5, 0.6) is 0 Å². The lowest BCUT2D eigenvalue weighted by Crippen LogP contribution is -2.54. The van der Waals surface area contributed by atoms with Gasteiger partial charge < -0.3 is 15.7 Å². The number of likely N-dealkylation sites (tertiary alicyclic amines) is 1. The van der Waals surface area contributed by atoms with Crippen molar-refractivity contribution in [3.63, 3.8) is 0 Å². The van der Waals surface area contributed by atoms with Crippen molar-refractivity contribution in [3.05, 3.63) is 18.0 Å². The number of amides is 1. The van der Waals surface area contributed by atoms with Crippen molar-refractivity contribution < 1.29 is 14.7 Å². The first kappa shape index (κ1) is 24.9. The average Bonchev–Trinajstić information content (AvgIpc) is 3.24. The number of nitrogens with zero attached hydrogens (tertiary/aromatic N) is 4. The second kappa shape index (κ2) is 11.4. The van der Waals surface area contributed by atoms with Gasteiger partial charge in [-0.05, 0) is 37.7 Å². The van der Waals surface area contributed by atoms with Crippen LogP contribution in [0.25, 0.3) is 0 Å². The van der Waals surface area contributed by atoms with Gasteiger partial charge in [0.2, 0.25) is 11.9 Å². The van der Waals surface area contributed by atoms with Gasteiger partial charge in [-0.1, -0.05) is 46.0 Å². The predicted molar refractivity (Wildman–Crippen MR) is 125 cm³/mol. The number of rotatable bonds is 10. The maximum absolute atomic E-state index is 13.5. The van der Waals surface area contributed by atoms with Gasteiger partial charge in [0.05, 0.1) is 6.07 Å². The Hall–Kier alpha value is -2.73. The standard InChI is InChI=1S/C24H36N6O3/c1-3-18(4-2)30-13-11-24(15-25,16-30)29-21(31)20(14-17-8-6-5-7-9-17)28-23-26-12-10-19(27-23)22(32)33/h10,12,17-18,20H,3-9,11,13-14,16H2,1-2H3,(H,29,31)(H,32,33)(H,26,27,28). The van der Waals surface area contributed by atoms with E-state index in [1.165, 1.54) is 18.7 Å². The smallest absolute Gasteiger partial charge is 0.354 e. The molecule has 1 aliphatic heterocycles. The molecule has 1 amide bonds. The van der Waals surface area contributed by atoms with E-state index < -0.39 is 17.6 Å². The molecule has 0 spiro atoms. The summed E-state index contributed by atoms with van der Waals surface area (Å²) < 4.78 is 0. The van der Waals surface area contributed by atoms with Crippen LogP contribution >= 0.6 is 0 Å². The molecule has 2 heterocycles. The molecule has 1 aromatic heterocycles. The normalized spacial score (nSPS) is 22.6. The number of carboxylic acid groups (broad SMARTS) is 1. The van der Waals surface area contributed by atoms with Gasteiger partial charge >= 0.3 is 5.97 Å². The van der Waals surface area contributed by atoms with E-state index in [9.17, 15) is 20.0 Å². The minimum Gasteiger partial charge on any atom is -0.477 e. The number of nitrogens with one attached hydrogen (secondary N) is 2. The zero-order valence-electron chi connectivity index (χ0n) is 19.7. The van der Waals surface area contributed by atoms with Gasteiger partial charge in [-0.15, -0.1) is 0 Å². The monoisotopic (exact) mass is 456 g/mol. The van der Waals surface area contributed by atoms with Crippen LogP contribution in [0.15, 0.2) is 12.3 Å². The molecule has 3 N–H and O–H groups in total. The van der Waals surface area contributed by atoms with Gasteiger partial charge in [0, 0.05) is 25.3 Å². The average molecular weight is 457 g/mol. The fraction of sp³-hybridized carbons (Fsp3) is 0.708. The molecule has 0 radical (unpaired) electrons. The summed E-state index contributed by atoms with van der Waals surface area (Å²) in [7, 11) is 0. The highest BCUT2D eigenvalue weighted by Crippen LogP contribution is 2.29. The van der Waals surface area contributed by atoms with Crippen molar-refractivity contribution in [1.29, 1.82) is 5.26 Å². The lowest BCUT2D eigenvalue weighted by Gasteiger charge is -2.31. The van der Waals surface area contributed by atoms with Crippen LogP contribution in [0.3, 0.4) is 0 Å². The molecule has 2 fully saturated rings. The van der Waals surface area contributed by atoms with Crippen molar-refractivity contribution in [3.8, 4) is 6.07 Å². The fourth-order valence-electron chi connectivity index (χ4n) is 5.19. The lowest BCUT2D eigenvalue weighted by molar-refractivity contribution is -0.123. The number of aromatic nitrogens is 2. The SMILES string of the molecule is CCC(CC)N1CCC(C#N)(NC(=O)C(CC2CCCCC2)Nc2nccc(C(=O)O)n2)C1. The third kappa shape index (κ3) is 6.41. The van der Waals surface area contributed by atoms with E-state index in [4.69, 9.17) is 0 Å². The Morgan fingerprint density at radius 1 is 1.30 bits per heavy atom. The maximum atomic E-state index is 13.5. The Labute approximate surface area is 196 Å². The van der Waals surface area contributed by atoms with E-state index in [0.717, 1.165) is 45.1 Å². The van der Waals surface area contributed by atoms with Gasteiger partial charge in [-0.2, -0.15) is 5.26 Å². The number of anilines is 1. The van der Waals surface area contributed by atoms with Crippen molar-refractivity contribution in [2.75, 3.05) is 18.4 Å². The first-order valence-corrected chi connectivity index (χ1v) is 12.2. The highest BCUT2D eigenvalue weighted by Gasteiger charge is 2.42. The topological polar surface area (TPSA) is 131 Å². The van der Waals surface area contributed by atoms with Crippen LogP contribution < -0.4 is 10.6 Å². The lowest BCUT2D eigenvalue weighted by atomic mass is 9.84. The Morgan fingerprint density at radius 2 is 2.03 bits per heavy atom. The molecule has 2 unspecified atom stereocenters. The first-order valence-electron chi connectivity index (χ1n) is 12.2. The van der Waals surface area contributed by atoms with E-state index in [2.05, 4.69) is 45.4 Å². The zero-order chi connectivity index (χ0) is 23.8. The van der Waals surface area contributed by atoms with Crippen LogP contribution in [0, 0.1) is 17.2 Å². The molecule has 9 heteroatoms. The second-order valence-electron chi connectivity index (χ2n) is 9.38. The molecule has 1 aliphatic carbocycles. The zero-order valence-corrected chi connectivity index (χ0v) is 19.7. The molecule has 1 saturated heterocycles. The summed E-state index contributed by atoms with van der Waals surface area (Å²) in [6.45, 7) is 5.59. The molecule has 3 rings (SSSR count). The largest absolute Gasteiger partial charge is 0.477 e. The molecule has 2 aliphatic rings. The van der Waals surface area contributed by atoms with Crippen LogP contribution in [-0.4, -0.2) is 62.6 Å². The van der Waals surface area contributed by atoms with Crippen LogP contribution in [0.1, 0.15) is 82.1 Å². The van der Waals surface area contributed by atoms with Crippen LogP contribution in [0.2, 0.25) is 0 Å². The number of nitriles is 1.